The van der Waals surface area contributed by atoms with Gasteiger partial charge in [-0.2, -0.15) is 8.78 Å². The minimum atomic E-state index is -3.67. The van der Waals surface area contributed by atoms with Gasteiger partial charge in [-0.15, -0.1) is 0 Å². The van der Waals surface area contributed by atoms with Crippen molar-refractivity contribution >= 4 is 21.6 Å². The van der Waals surface area contributed by atoms with Crippen LogP contribution in [-0.2, 0) is 10.0 Å². The van der Waals surface area contributed by atoms with Crippen molar-refractivity contribution in [3.8, 4) is 5.75 Å². The first-order valence-corrected chi connectivity index (χ1v) is 8.53. The second-order valence-corrected chi connectivity index (χ2v) is 7.30. The van der Waals surface area contributed by atoms with E-state index in [1.54, 1.807) is 0 Å². The van der Waals surface area contributed by atoms with E-state index in [1.807, 2.05) is 0 Å². The van der Waals surface area contributed by atoms with Gasteiger partial charge in [0.15, 0.2) is 0 Å². The van der Waals surface area contributed by atoms with E-state index in [-0.39, 0.29) is 21.9 Å². The third-order valence-corrected chi connectivity index (χ3v) is 5.03. The molecule has 6 nitrogen and oxygen atoms in total. The van der Waals surface area contributed by atoms with Crippen molar-refractivity contribution in [3.05, 3.63) is 54.1 Å². The standard InChI is InChI=1S/C16H16F2N2O4S/c1-20(2)25(22,23)12-7-5-6-11(10-12)19-15(21)13-8-3-4-9-14(13)24-16(17)18/h3-10,16H,1-2H3,(H,19,21). The lowest BCUT2D eigenvalue weighted by atomic mass is 10.2. The number of hydrogen-bond acceptors (Lipinski definition) is 4. The number of nitrogens with one attached hydrogen (secondary N) is 1. The van der Waals surface area contributed by atoms with E-state index in [9.17, 15) is 22.0 Å². The summed E-state index contributed by atoms with van der Waals surface area (Å²) in [6, 6.07) is 11.2. The summed E-state index contributed by atoms with van der Waals surface area (Å²) in [5.41, 5.74) is 0.114. The van der Waals surface area contributed by atoms with E-state index in [2.05, 4.69) is 10.1 Å². The summed E-state index contributed by atoms with van der Waals surface area (Å²) in [6.07, 6.45) is 0. The maximum Gasteiger partial charge on any atom is 0.387 e. The normalized spacial score (nSPS) is 11.6. The summed E-state index contributed by atoms with van der Waals surface area (Å²) >= 11 is 0. The Morgan fingerprint density at radius 2 is 1.80 bits per heavy atom. The van der Waals surface area contributed by atoms with Gasteiger partial charge in [0.2, 0.25) is 10.0 Å². The lowest BCUT2D eigenvalue weighted by Crippen LogP contribution is -2.22. The summed E-state index contributed by atoms with van der Waals surface area (Å²) in [7, 11) is -0.891. The highest BCUT2D eigenvalue weighted by molar-refractivity contribution is 7.89. The van der Waals surface area contributed by atoms with Gasteiger partial charge in [0, 0.05) is 19.8 Å². The fraction of sp³-hybridized carbons (Fsp3) is 0.188. The maximum absolute atomic E-state index is 12.4. The average Bonchev–Trinajstić information content (AvgIpc) is 2.54. The van der Waals surface area contributed by atoms with Crippen molar-refractivity contribution in [2.75, 3.05) is 19.4 Å². The number of carbonyl (C=O) groups is 1. The van der Waals surface area contributed by atoms with E-state index < -0.39 is 22.5 Å². The Balaban J connectivity index is 2.28. The van der Waals surface area contributed by atoms with Crippen molar-refractivity contribution in [3.63, 3.8) is 0 Å². The number of halogens is 2. The quantitative estimate of drug-likeness (QED) is 0.848. The minimum Gasteiger partial charge on any atom is -0.434 e. The third-order valence-electron chi connectivity index (χ3n) is 3.22. The lowest BCUT2D eigenvalue weighted by Gasteiger charge is -2.13. The number of anilines is 1. The molecule has 0 spiro atoms. The number of hydrogen-bond donors (Lipinski definition) is 1. The molecular formula is C16H16F2N2O4S. The van der Waals surface area contributed by atoms with Crippen LogP contribution in [0.1, 0.15) is 10.4 Å². The number of nitrogens with zero attached hydrogens (tertiary/aromatic N) is 1. The molecule has 0 heterocycles. The molecule has 1 N–H and O–H groups in total. The summed E-state index contributed by atoms with van der Waals surface area (Å²) in [4.78, 5) is 12.3. The first kappa shape index (κ1) is 18.8. The molecule has 1 amide bonds. The lowest BCUT2D eigenvalue weighted by molar-refractivity contribution is -0.0501. The van der Waals surface area contributed by atoms with Gasteiger partial charge in [-0.05, 0) is 30.3 Å². The van der Waals surface area contributed by atoms with Gasteiger partial charge >= 0.3 is 6.61 Å². The molecule has 2 aromatic rings. The molecule has 0 saturated heterocycles. The first-order chi connectivity index (χ1) is 11.7. The maximum atomic E-state index is 12.4. The monoisotopic (exact) mass is 370 g/mol. The van der Waals surface area contributed by atoms with Crippen LogP contribution in [0, 0.1) is 0 Å². The predicted molar refractivity (Wildman–Crippen MR) is 88.3 cm³/mol. The second-order valence-electron chi connectivity index (χ2n) is 5.14. The van der Waals surface area contributed by atoms with Gasteiger partial charge in [-0.1, -0.05) is 18.2 Å². The van der Waals surface area contributed by atoms with E-state index in [4.69, 9.17) is 0 Å². The molecule has 0 aromatic heterocycles. The van der Waals surface area contributed by atoms with Crippen LogP contribution < -0.4 is 10.1 Å². The molecule has 0 unspecified atom stereocenters. The van der Waals surface area contributed by atoms with Gasteiger partial charge in [-0.25, -0.2) is 12.7 Å². The Kier molecular flexibility index (Phi) is 5.70. The molecule has 0 saturated carbocycles. The Morgan fingerprint density at radius 3 is 2.44 bits per heavy atom. The number of para-hydroxylation sites is 1. The Morgan fingerprint density at radius 1 is 1.12 bits per heavy atom. The summed E-state index contributed by atoms with van der Waals surface area (Å²) in [5.74, 6) is -0.970. The van der Waals surface area contributed by atoms with Crippen molar-refractivity contribution in [2.24, 2.45) is 0 Å². The fourth-order valence-electron chi connectivity index (χ4n) is 2.00. The SMILES string of the molecule is CN(C)S(=O)(=O)c1cccc(NC(=O)c2ccccc2OC(F)F)c1. The van der Waals surface area contributed by atoms with Crippen LogP contribution >= 0.6 is 0 Å². The number of alkyl halides is 2. The zero-order chi connectivity index (χ0) is 18.6. The molecule has 0 atom stereocenters. The molecule has 0 aliphatic carbocycles. The fourth-order valence-corrected chi connectivity index (χ4v) is 2.94. The summed E-state index contributed by atoms with van der Waals surface area (Å²) in [6.45, 7) is -3.07. The van der Waals surface area contributed by atoms with Crippen molar-refractivity contribution < 1.29 is 26.7 Å². The van der Waals surface area contributed by atoms with Crippen molar-refractivity contribution in [2.45, 2.75) is 11.5 Å². The van der Waals surface area contributed by atoms with E-state index >= 15 is 0 Å². The summed E-state index contributed by atoms with van der Waals surface area (Å²) < 4.78 is 54.5. The molecule has 0 aliphatic rings. The number of amides is 1. The number of carbonyl (C=O) groups excluding carboxylic acids is 1. The molecule has 0 radical (unpaired) electrons. The second kappa shape index (κ2) is 7.58. The van der Waals surface area contributed by atoms with Gasteiger partial charge in [-0.3, -0.25) is 4.79 Å². The Labute approximate surface area is 144 Å². The number of rotatable bonds is 6. The van der Waals surface area contributed by atoms with E-state index in [1.165, 1.54) is 62.6 Å². The molecular weight excluding hydrogens is 354 g/mol. The molecule has 0 bridgehead atoms. The molecule has 134 valence electrons. The van der Waals surface area contributed by atoms with Crippen LogP contribution in [-0.4, -0.2) is 39.3 Å². The van der Waals surface area contributed by atoms with Crippen LogP contribution in [0.2, 0.25) is 0 Å². The highest BCUT2D eigenvalue weighted by Gasteiger charge is 2.19. The highest BCUT2D eigenvalue weighted by Crippen LogP contribution is 2.23. The van der Waals surface area contributed by atoms with Crippen LogP contribution in [0.4, 0.5) is 14.5 Å². The van der Waals surface area contributed by atoms with Crippen LogP contribution in [0.3, 0.4) is 0 Å². The molecule has 25 heavy (non-hydrogen) atoms. The topological polar surface area (TPSA) is 75.7 Å². The van der Waals surface area contributed by atoms with Crippen molar-refractivity contribution in [1.82, 2.24) is 4.31 Å². The highest BCUT2D eigenvalue weighted by atomic mass is 32.2. The average molecular weight is 370 g/mol. The first-order valence-electron chi connectivity index (χ1n) is 7.09. The Hall–Kier alpha value is -2.52. The Bertz CT molecular complexity index is 870. The van der Waals surface area contributed by atoms with E-state index in [0.717, 1.165) is 4.31 Å². The van der Waals surface area contributed by atoms with Crippen molar-refractivity contribution in [1.29, 1.82) is 0 Å². The predicted octanol–water partition coefficient (Wildman–Crippen LogP) is 2.79. The molecule has 0 fully saturated rings. The minimum absolute atomic E-state index is 0.00702. The largest absolute Gasteiger partial charge is 0.434 e. The van der Waals surface area contributed by atoms with Crippen LogP contribution in [0.15, 0.2) is 53.4 Å². The zero-order valence-corrected chi connectivity index (χ0v) is 14.3. The van der Waals surface area contributed by atoms with E-state index in [0.29, 0.717) is 0 Å². The summed E-state index contributed by atoms with van der Waals surface area (Å²) in [5, 5.41) is 2.48. The number of sulfonamides is 1. The van der Waals surface area contributed by atoms with Gasteiger partial charge in [0.1, 0.15) is 5.75 Å². The third kappa shape index (κ3) is 4.52. The number of ether oxygens (including phenoxy) is 1. The smallest absolute Gasteiger partial charge is 0.387 e. The zero-order valence-electron chi connectivity index (χ0n) is 13.4. The van der Waals surface area contributed by atoms with Gasteiger partial charge < -0.3 is 10.1 Å². The molecule has 0 aliphatic heterocycles. The van der Waals surface area contributed by atoms with Gasteiger partial charge in [0.25, 0.3) is 5.91 Å². The molecule has 2 aromatic carbocycles. The van der Waals surface area contributed by atoms with Crippen LogP contribution in [0.25, 0.3) is 0 Å². The molecule has 9 heteroatoms. The van der Waals surface area contributed by atoms with Crippen LogP contribution in [0.5, 0.6) is 5.75 Å². The van der Waals surface area contributed by atoms with Gasteiger partial charge in [0.05, 0.1) is 10.5 Å². The number of benzene rings is 2. The molecule has 2 rings (SSSR count).